The van der Waals surface area contributed by atoms with E-state index in [2.05, 4.69) is 5.10 Å². The van der Waals surface area contributed by atoms with Crippen molar-refractivity contribution in [3.8, 4) is 28.7 Å². The van der Waals surface area contributed by atoms with E-state index >= 15 is 0 Å². The molecule has 0 N–H and O–H groups in total. The maximum Gasteiger partial charge on any atom is 0.338 e. The molecule has 3 aromatic carbocycles. The number of amides is 1. The number of rotatable bonds is 13. The lowest BCUT2D eigenvalue weighted by atomic mass is 10.1. The van der Waals surface area contributed by atoms with Gasteiger partial charge in [0.25, 0.3) is 5.91 Å². The van der Waals surface area contributed by atoms with Gasteiger partial charge < -0.3 is 28.6 Å². The summed E-state index contributed by atoms with van der Waals surface area (Å²) < 4.78 is 29.7. The molecule has 1 aliphatic rings. The third kappa shape index (κ3) is 6.80. The zero-order valence-electron chi connectivity index (χ0n) is 25.7. The molecular weight excluding hydrogens is 562 g/mol. The molecule has 10 heteroatoms. The van der Waals surface area contributed by atoms with E-state index in [0.717, 1.165) is 29.7 Å². The van der Waals surface area contributed by atoms with Crippen LogP contribution in [-0.2, 0) is 24.9 Å². The average molecular weight is 600 g/mol. The average Bonchev–Trinajstić information content (AvgIpc) is 3.82. The zero-order valence-corrected chi connectivity index (χ0v) is 25.7. The smallest absolute Gasteiger partial charge is 0.338 e. The highest BCUT2D eigenvalue weighted by atomic mass is 16.5. The van der Waals surface area contributed by atoms with Crippen LogP contribution in [0.3, 0.4) is 0 Å². The Morgan fingerprint density at radius 2 is 1.59 bits per heavy atom. The lowest BCUT2D eigenvalue weighted by Gasteiger charge is -2.25. The molecule has 1 fully saturated rings. The second-order valence-corrected chi connectivity index (χ2v) is 10.5. The molecule has 0 aliphatic heterocycles. The molecule has 0 bridgehead atoms. The molecule has 4 aromatic rings. The highest BCUT2D eigenvalue weighted by Crippen LogP contribution is 2.40. The normalized spacial score (nSPS) is 12.4. The van der Waals surface area contributed by atoms with Gasteiger partial charge in [0.2, 0.25) is 0 Å². The minimum absolute atomic E-state index is 0.173. The molecule has 0 radical (unpaired) electrons. The number of para-hydroxylation sites is 1. The quantitative estimate of drug-likeness (QED) is 0.169. The first kappa shape index (κ1) is 30.5. The lowest BCUT2D eigenvalue weighted by molar-refractivity contribution is 0.0526. The minimum Gasteiger partial charge on any atom is -0.497 e. The fraction of sp³-hybridized carbons (Fsp3) is 0.324. The van der Waals surface area contributed by atoms with E-state index in [9.17, 15) is 9.59 Å². The van der Waals surface area contributed by atoms with Gasteiger partial charge in [-0.15, -0.1) is 0 Å². The van der Waals surface area contributed by atoms with Crippen molar-refractivity contribution in [1.29, 1.82) is 0 Å². The fourth-order valence-electron chi connectivity index (χ4n) is 5.02. The summed E-state index contributed by atoms with van der Waals surface area (Å²) >= 11 is 0. The molecule has 1 amide bonds. The van der Waals surface area contributed by atoms with Crippen LogP contribution in [0.1, 0.15) is 63.4 Å². The maximum atomic E-state index is 14.2. The first-order chi connectivity index (χ1) is 21.3. The van der Waals surface area contributed by atoms with Crippen LogP contribution >= 0.6 is 0 Å². The topological polar surface area (TPSA) is 101 Å². The second-order valence-electron chi connectivity index (χ2n) is 10.5. The van der Waals surface area contributed by atoms with Crippen molar-refractivity contribution in [3.63, 3.8) is 0 Å². The molecule has 0 spiro atoms. The van der Waals surface area contributed by atoms with Crippen molar-refractivity contribution in [2.75, 3.05) is 27.9 Å². The molecular formula is C34H37N3O7. The first-order valence-electron chi connectivity index (χ1n) is 14.5. The maximum absolute atomic E-state index is 14.2. The van der Waals surface area contributed by atoms with Gasteiger partial charge in [-0.2, -0.15) is 5.10 Å². The van der Waals surface area contributed by atoms with Gasteiger partial charge in [-0.05, 0) is 68.3 Å². The van der Waals surface area contributed by atoms with Crippen molar-refractivity contribution in [2.45, 2.75) is 38.8 Å². The monoisotopic (exact) mass is 599 g/mol. The van der Waals surface area contributed by atoms with Crippen LogP contribution in [-0.4, -0.2) is 54.5 Å². The Kier molecular flexibility index (Phi) is 9.38. The molecule has 1 saturated carbocycles. The van der Waals surface area contributed by atoms with Crippen LogP contribution in [0, 0.1) is 0 Å². The molecule has 5 rings (SSSR count). The number of ether oxygens (including phenoxy) is 5. The van der Waals surface area contributed by atoms with Gasteiger partial charge >= 0.3 is 5.97 Å². The number of methoxy groups -OCH3 is 3. The number of aryl methyl sites for hydroxylation is 1. The minimum atomic E-state index is -0.394. The molecule has 1 aliphatic carbocycles. The van der Waals surface area contributed by atoms with Gasteiger partial charge in [0, 0.05) is 30.2 Å². The van der Waals surface area contributed by atoms with Gasteiger partial charge in [0.1, 0.15) is 22.9 Å². The number of nitrogens with zero attached hydrogens (tertiary/aromatic N) is 3. The van der Waals surface area contributed by atoms with Crippen molar-refractivity contribution < 1.29 is 33.3 Å². The fourth-order valence-corrected chi connectivity index (χ4v) is 5.02. The Morgan fingerprint density at radius 1 is 0.864 bits per heavy atom. The van der Waals surface area contributed by atoms with E-state index in [1.54, 1.807) is 81.3 Å². The van der Waals surface area contributed by atoms with Crippen LogP contribution in [0.2, 0.25) is 0 Å². The standard InChI is InChI=1S/C34H37N3O7/c1-6-43-34(39)23-12-15-26(16-13-23)44-30-9-7-8-25(32(30)42-5)21-37(20-24-14-17-27(40-3)18-31(24)41-4)33(38)29-19-28(22-10-11-22)35-36(29)2/h7-9,12-19,22H,6,10-11,20-21H2,1-5H3. The number of carbonyl (C=O) groups is 2. The molecule has 0 saturated heterocycles. The Balaban J connectivity index is 1.46. The second kappa shape index (κ2) is 13.5. The summed E-state index contributed by atoms with van der Waals surface area (Å²) in [6, 6.07) is 19.7. The summed E-state index contributed by atoms with van der Waals surface area (Å²) in [4.78, 5) is 27.9. The highest BCUT2D eigenvalue weighted by molar-refractivity contribution is 5.93. The van der Waals surface area contributed by atoms with Crippen LogP contribution in [0.15, 0.2) is 66.7 Å². The van der Waals surface area contributed by atoms with E-state index in [0.29, 0.717) is 52.5 Å². The first-order valence-corrected chi connectivity index (χ1v) is 14.5. The predicted octanol–water partition coefficient (Wildman–Crippen LogP) is 6.13. The summed E-state index contributed by atoms with van der Waals surface area (Å²) in [5.74, 6) is 2.60. The largest absolute Gasteiger partial charge is 0.497 e. The van der Waals surface area contributed by atoms with Gasteiger partial charge in [-0.25, -0.2) is 4.79 Å². The Morgan fingerprint density at radius 3 is 2.25 bits per heavy atom. The van der Waals surface area contributed by atoms with Crippen molar-refractivity contribution in [1.82, 2.24) is 14.7 Å². The van der Waals surface area contributed by atoms with Crippen LogP contribution in [0.5, 0.6) is 28.7 Å². The zero-order chi connectivity index (χ0) is 31.2. The Hall–Kier alpha value is -4.99. The van der Waals surface area contributed by atoms with Crippen LogP contribution in [0.4, 0.5) is 0 Å². The Labute approximate surface area is 257 Å². The van der Waals surface area contributed by atoms with Crippen molar-refractivity contribution in [2.24, 2.45) is 7.05 Å². The van der Waals surface area contributed by atoms with Crippen LogP contribution < -0.4 is 18.9 Å². The number of carbonyl (C=O) groups excluding carboxylic acids is 2. The molecule has 10 nitrogen and oxygen atoms in total. The number of hydrogen-bond acceptors (Lipinski definition) is 8. The molecule has 1 aromatic heterocycles. The molecule has 0 atom stereocenters. The summed E-state index contributed by atoms with van der Waals surface area (Å²) in [5.41, 5.74) is 3.45. The number of benzene rings is 3. The summed E-state index contributed by atoms with van der Waals surface area (Å²) in [7, 11) is 6.56. The van der Waals surface area contributed by atoms with E-state index in [1.165, 1.54) is 0 Å². The van der Waals surface area contributed by atoms with Crippen molar-refractivity contribution >= 4 is 11.9 Å². The van der Waals surface area contributed by atoms with E-state index in [1.807, 2.05) is 30.3 Å². The summed E-state index contributed by atoms with van der Waals surface area (Å²) in [6.07, 6.45) is 2.18. The predicted molar refractivity (Wildman–Crippen MR) is 164 cm³/mol. The highest BCUT2D eigenvalue weighted by Gasteiger charge is 2.30. The SMILES string of the molecule is CCOC(=O)c1ccc(Oc2cccc(CN(Cc3ccc(OC)cc3OC)C(=O)c3cc(C4CC4)nn3C)c2OC)cc1. The van der Waals surface area contributed by atoms with Crippen molar-refractivity contribution in [3.05, 3.63) is 94.8 Å². The molecule has 230 valence electrons. The number of hydrogen-bond donors (Lipinski definition) is 0. The van der Waals surface area contributed by atoms with Gasteiger partial charge in [0.05, 0.1) is 52.3 Å². The van der Waals surface area contributed by atoms with E-state index < -0.39 is 5.97 Å². The molecule has 0 unspecified atom stereocenters. The molecule has 44 heavy (non-hydrogen) atoms. The van der Waals surface area contributed by atoms with Gasteiger partial charge in [-0.1, -0.05) is 12.1 Å². The van der Waals surface area contributed by atoms with Gasteiger partial charge in [-0.3, -0.25) is 9.48 Å². The van der Waals surface area contributed by atoms with E-state index in [-0.39, 0.29) is 19.0 Å². The number of aromatic nitrogens is 2. The van der Waals surface area contributed by atoms with Gasteiger partial charge in [0.15, 0.2) is 11.5 Å². The van der Waals surface area contributed by atoms with E-state index in [4.69, 9.17) is 23.7 Å². The molecule has 1 heterocycles. The number of esters is 1. The summed E-state index contributed by atoms with van der Waals surface area (Å²) in [6.45, 7) is 2.55. The summed E-state index contributed by atoms with van der Waals surface area (Å²) in [5, 5.41) is 4.62. The van der Waals surface area contributed by atoms with Crippen LogP contribution in [0.25, 0.3) is 0 Å². The Bertz CT molecular complexity index is 1630. The third-order valence-corrected chi connectivity index (χ3v) is 7.48. The third-order valence-electron chi connectivity index (χ3n) is 7.48. The lowest BCUT2D eigenvalue weighted by Crippen LogP contribution is -2.32.